The SMILES string of the molecule is CCOc1ccccc1NC(=S)N(Cc1ccccc1)c1ccccc1. The molecule has 3 rings (SSSR count). The number of nitrogens with zero attached hydrogens (tertiary/aromatic N) is 1. The number of benzene rings is 3. The first-order chi connectivity index (χ1) is 12.8. The summed E-state index contributed by atoms with van der Waals surface area (Å²) in [7, 11) is 0. The van der Waals surface area contributed by atoms with Crippen molar-refractivity contribution in [2.75, 3.05) is 16.8 Å². The fourth-order valence-corrected chi connectivity index (χ4v) is 2.97. The van der Waals surface area contributed by atoms with Crippen molar-refractivity contribution in [1.29, 1.82) is 0 Å². The van der Waals surface area contributed by atoms with Crippen molar-refractivity contribution >= 4 is 28.7 Å². The molecular weight excluding hydrogens is 340 g/mol. The zero-order valence-corrected chi connectivity index (χ0v) is 15.6. The number of ether oxygens (including phenoxy) is 1. The molecule has 26 heavy (non-hydrogen) atoms. The van der Waals surface area contributed by atoms with Crippen molar-refractivity contribution in [2.24, 2.45) is 0 Å². The largest absolute Gasteiger partial charge is 0.492 e. The maximum absolute atomic E-state index is 5.74. The molecule has 0 bridgehead atoms. The van der Waals surface area contributed by atoms with Crippen molar-refractivity contribution in [1.82, 2.24) is 0 Å². The lowest BCUT2D eigenvalue weighted by atomic mass is 10.2. The first kappa shape index (κ1) is 18.0. The first-order valence-corrected chi connectivity index (χ1v) is 9.08. The Balaban J connectivity index is 1.86. The van der Waals surface area contributed by atoms with Gasteiger partial charge >= 0.3 is 0 Å². The van der Waals surface area contributed by atoms with Crippen molar-refractivity contribution in [2.45, 2.75) is 13.5 Å². The Morgan fingerprint density at radius 1 is 0.885 bits per heavy atom. The number of hydrogen-bond donors (Lipinski definition) is 1. The second-order valence-electron chi connectivity index (χ2n) is 5.77. The second kappa shape index (κ2) is 9.02. The Bertz CT molecular complexity index is 837. The van der Waals surface area contributed by atoms with E-state index in [2.05, 4.69) is 34.5 Å². The molecule has 0 aliphatic carbocycles. The van der Waals surface area contributed by atoms with Gasteiger partial charge in [0.15, 0.2) is 5.11 Å². The zero-order chi connectivity index (χ0) is 18.2. The maximum atomic E-state index is 5.74. The van der Waals surface area contributed by atoms with Crippen LogP contribution < -0.4 is 15.0 Å². The quantitative estimate of drug-likeness (QED) is 0.586. The molecule has 0 spiro atoms. The van der Waals surface area contributed by atoms with Crippen LogP contribution in [-0.2, 0) is 6.54 Å². The number of hydrogen-bond acceptors (Lipinski definition) is 2. The second-order valence-corrected chi connectivity index (χ2v) is 6.15. The highest BCUT2D eigenvalue weighted by atomic mass is 32.1. The molecular formula is C22H22N2OS. The fourth-order valence-electron chi connectivity index (χ4n) is 2.69. The number of anilines is 2. The molecule has 1 N–H and O–H groups in total. The Hall–Kier alpha value is -2.85. The summed E-state index contributed by atoms with van der Waals surface area (Å²) < 4.78 is 5.70. The molecule has 0 saturated heterocycles. The Morgan fingerprint density at radius 3 is 2.19 bits per heavy atom. The molecule has 3 aromatic rings. The van der Waals surface area contributed by atoms with Gasteiger partial charge in [-0.05, 0) is 49.0 Å². The predicted octanol–water partition coefficient (Wildman–Crippen LogP) is 5.49. The minimum atomic E-state index is 0.609. The van der Waals surface area contributed by atoms with Crippen LogP contribution in [0.1, 0.15) is 12.5 Å². The van der Waals surface area contributed by atoms with E-state index in [0.29, 0.717) is 18.3 Å². The van der Waals surface area contributed by atoms with Crippen LogP contribution in [0.15, 0.2) is 84.9 Å². The van der Waals surface area contributed by atoms with Gasteiger partial charge in [-0.1, -0.05) is 60.7 Å². The molecule has 4 heteroatoms. The average Bonchev–Trinajstić information content (AvgIpc) is 2.69. The van der Waals surface area contributed by atoms with Gasteiger partial charge in [-0.3, -0.25) is 0 Å². The van der Waals surface area contributed by atoms with Gasteiger partial charge in [0.05, 0.1) is 18.8 Å². The Labute approximate surface area is 160 Å². The monoisotopic (exact) mass is 362 g/mol. The van der Waals surface area contributed by atoms with Crippen LogP contribution in [0.4, 0.5) is 11.4 Å². The number of rotatable bonds is 6. The van der Waals surface area contributed by atoms with E-state index in [-0.39, 0.29) is 0 Å². The van der Waals surface area contributed by atoms with Crippen LogP contribution in [0, 0.1) is 0 Å². The van der Waals surface area contributed by atoms with E-state index in [0.717, 1.165) is 17.1 Å². The summed E-state index contributed by atoms with van der Waals surface area (Å²) in [6.07, 6.45) is 0. The summed E-state index contributed by atoms with van der Waals surface area (Å²) >= 11 is 5.74. The van der Waals surface area contributed by atoms with Crippen molar-refractivity contribution in [3.63, 3.8) is 0 Å². The molecule has 0 aliphatic rings. The molecule has 0 fully saturated rings. The van der Waals surface area contributed by atoms with E-state index >= 15 is 0 Å². The molecule has 0 aromatic heterocycles. The number of para-hydroxylation sites is 3. The molecule has 132 valence electrons. The lowest BCUT2D eigenvalue weighted by Crippen LogP contribution is -2.34. The molecule has 0 radical (unpaired) electrons. The van der Waals surface area contributed by atoms with Crippen LogP contribution in [-0.4, -0.2) is 11.7 Å². The highest BCUT2D eigenvalue weighted by Crippen LogP contribution is 2.25. The van der Waals surface area contributed by atoms with Crippen molar-refractivity contribution < 1.29 is 4.74 Å². The van der Waals surface area contributed by atoms with E-state index in [4.69, 9.17) is 17.0 Å². The molecule has 0 unspecified atom stereocenters. The van der Waals surface area contributed by atoms with E-state index in [1.54, 1.807) is 0 Å². The molecule has 0 heterocycles. The Kier molecular flexibility index (Phi) is 6.23. The summed E-state index contributed by atoms with van der Waals surface area (Å²) in [6.45, 7) is 3.27. The number of thiocarbonyl (C=S) groups is 1. The number of nitrogens with one attached hydrogen (secondary N) is 1. The summed E-state index contributed by atoms with van der Waals surface area (Å²) in [6, 6.07) is 28.3. The molecule has 0 amide bonds. The molecule has 3 aromatic carbocycles. The average molecular weight is 362 g/mol. The van der Waals surface area contributed by atoms with E-state index in [1.165, 1.54) is 5.56 Å². The summed E-state index contributed by atoms with van der Waals surface area (Å²) in [5, 5.41) is 3.98. The van der Waals surface area contributed by atoms with E-state index in [9.17, 15) is 0 Å². The Morgan fingerprint density at radius 2 is 1.50 bits per heavy atom. The van der Waals surface area contributed by atoms with E-state index in [1.807, 2.05) is 67.6 Å². The molecule has 0 aliphatic heterocycles. The van der Waals surface area contributed by atoms with Crippen molar-refractivity contribution in [3.05, 3.63) is 90.5 Å². The molecule has 0 atom stereocenters. The van der Waals surface area contributed by atoms with Gasteiger partial charge in [0, 0.05) is 5.69 Å². The summed E-state index contributed by atoms with van der Waals surface area (Å²) in [5.41, 5.74) is 3.11. The standard InChI is InChI=1S/C22H22N2OS/c1-2-25-21-16-10-9-15-20(21)23-22(26)24(19-13-7-4-8-14-19)17-18-11-5-3-6-12-18/h3-16H,2,17H2,1H3,(H,23,26). The highest BCUT2D eigenvalue weighted by molar-refractivity contribution is 7.80. The van der Waals surface area contributed by atoms with Gasteiger partial charge < -0.3 is 15.0 Å². The highest BCUT2D eigenvalue weighted by Gasteiger charge is 2.14. The lowest BCUT2D eigenvalue weighted by Gasteiger charge is -2.26. The van der Waals surface area contributed by atoms with Crippen LogP contribution in [0.5, 0.6) is 5.75 Å². The van der Waals surface area contributed by atoms with Crippen LogP contribution in [0.2, 0.25) is 0 Å². The van der Waals surface area contributed by atoms with Gasteiger partial charge in [-0.2, -0.15) is 0 Å². The fraction of sp³-hybridized carbons (Fsp3) is 0.136. The summed E-state index contributed by atoms with van der Waals surface area (Å²) in [5.74, 6) is 0.796. The zero-order valence-electron chi connectivity index (χ0n) is 14.8. The molecule has 3 nitrogen and oxygen atoms in total. The van der Waals surface area contributed by atoms with Gasteiger partial charge in [-0.25, -0.2) is 0 Å². The summed E-state index contributed by atoms with van der Waals surface area (Å²) in [4.78, 5) is 2.09. The predicted molar refractivity (Wildman–Crippen MR) is 113 cm³/mol. The topological polar surface area (TPSA) is 24.5 Å². The van der Waals surface area contributed by atoms with E-state index < -0.39 is 0 Å². The third-order valence-corrected chi connectivity index (χ3v) is 4.25. The van der Waals surface area contributed by atoms with Gasteiger partial charge in [-0.15, -0.1) is 0 Å². The van der Waals surface area contributed by atoms with Crippen LogP contribution >= 0.6 is 12.2 Å². The van der Waals surface area contributed by atoms with Gasteiger partial charge in [0.25, 0.3) is 0 Å². The normalized spacial score (nSPS) is 10.2. The van der Waals surface area contributed by atoms with Crippen molar-refractivity contribution in [3.8, 4) is 5.75 Å². The van der Waals surface area contributed by atoms with Gasteiger partial charge in [0.2, 0.25) is 0 Å². The van der Waals surface area contributed by atoms with Crippen LogP contribution in [0.25, 0.3) is 0 Å². The first-order valence-electron chi connectivity index (χ1n) is 8.67. The third kappa shape index (κ3) is 4.61. The lowest BCUT2D eigenvalue weighted by molar-refractivity contribution is 0.342. The molecule has 0 saturated carbocycles. The minimum Gasteiger partial charge on any atom is -0.492 e. The smallest absolute Gasteiger partial charge is 0.178 e. The third-order valence-electron chi connectivity index (χ3n) is 3.93. The maximum Gasteiger partial charge on any atom is 0.178 e. The van der Waals surface area contributed by atoms with Crippen LogP contribution in [0.3, 0.4) is 0 Å². The minimum absolute atomic E-state index is 0.609. The van der Waals surface area contributed by atoms with Gasteiger partial charge in [0.1, 0.15) is 5.75 Å².